The molecule has 69 heavy (non-hydrogen) atoms. The number of fused-ring (bicyclic) bond motifs is 1. The van der Waals surface area contributed by atoms with E-state index in [1.165, 1.54) is 13.8 Å². The van der Waals surface area contributed by atoms with Crippen LogP contribution in [0.4, 0.5) is 9.59 Å². The highest BCUT2D eigenvalue weighted by Crippen LogP contribution is 2.35. The maximum Gasteiger partial charge on any atom is 0.408 e. The number of amides is 8. The molecular weight excluding hydrogens is 897 g/mol. The van der Waals surface area contributed by atoms with E-state index >= 15 is 0 Å². The first-order valence-corrected chi connectivity index (χ1v) is 22.9. The number of carbonyl (C=O) groups excluding carboxylic acids is 10. The Kier molecular flexibility index (Phi) is 18.2. The molecule has 8 atom stereocenters. The number of hydrogen-bond acceptors (Lipinski definition) is 14. The minimum absolute atomic E-state index is 0.0667. The number of nitrogens with one attached hydrogen (secondary N) is 6. The van der Waals surface area contributed by atoms with Gasteiger partial charge in [-0.3, -0.25) is 49.0 Å². The first-order valence-electron chi connectivity index (χ1n) is 22.9. The van der Waals surface area contributed by atoms with Crippen molar-refractivity contribution >= 4 is 59.2 Å². The number of alkyl carbamates (subject to hydrolysis) is 2. The van der Waals surface area contributed by atoms with E-state index in [4.69, 9.17) is 18.9 Å². The standard InChI is InChI=1S/C25H33N3O8.C24H33N3O6/c1-12(2)20(21(30)19-13(3)22(31)28-23(19)32)27-18(29)10-15(26-24(33)36-25(4,5)6)14-7-8-16-17(9-14)35-11-34-16;1-13(2)19(20(29)18-14(3)21(30)27-22(18)31)26-17(28)12-16(15-10-8-7-9-11-15)25-23(32)33-24(4,5)6/h7-9,12-13,15,19-20H,10-11H2,1-6H3,(H,26,33)(H,27,29)(H,28,31,32);7-11,13-14,16,18-19H,12H2,1-6H3,(H,25,32)(H,26,28)(H,27,30,31)/t13-,15?,19+,20-;14-,16?,18+,19-/m00/s1. The maximum atomic E-state index is 13.2. The molecule has 3 aliphatic rings. The van der Waals surface area contributed by atoms with Crippen LogP contribution in [0.25, 0.3) is 0 Å². The SMILES string of the molecule is CC(C)[C@H](NC(=O)CC(NC(=O)OC(C)(C)C)c1ccc2c(c1)OCO2)C(=O)[C@@H]1C(=O)NC(=O)[C@H]1C.CC(C)[C@H](NC(=O)CC(NC(=O)OC(C)(C)C)c1ccccc1)C(=O)[C@@H]1C(=O)NC(=O)[C@H]1C. The molecule has 3 heterocycles. The van der Waals surface area contributed by atoms with E-state index in [-0.39, 0.29) is 31.5 Å². The van der Waals surface area contributed by atoms with Gasteiger partial charge >= 0.3 is 12.2 Å². The zero-order valence-electron chi connectivity index (χ0n) is 41.2. The van der Waals surface area contributed by atoms with Gasteiger partial charge in [0.1, 0.15) is 23.0 Å². The minimum Gasteiger partial charge on any atom is -0.454 e. The smallest absolute Gasteiger partial charge is 0.408 e. The summed E-state index contributed by atoms with van der Waals surface area (Å²) in [6, 6.07) is 10.5. The van der Waals surface area contributed by atoms with E-state index in [0.29, 0.717) is 22.6 Å². The number of rotatable bonds is 16. The Morgan fingerprint density at radius 2 is 0.986 bits per heavy atom. The highest BCUT2D eigenvalue weighted by atomic mass is 16.7. The Morgan fingerprint density at radius 3 is 1.36 bits per heavy atom. The van der Waals surface area contributed by atoms with Crippen LogP contribution in [0.3, 0.4) is 0 Å². The molecule has 0 spiro atoms. The van der Waals surface area contributed by atoms with E-state index in [9.17, 15) is 47.9 Å². The number of ketones is 2. The third kappa shape index (κ3) is 15.3. The summed E-state index contributed by atoms with van der Waals surface area (Å²) in [4.78, 5) is 125. The average Bonchev–Trinajstić information content (AvgIpc) is 3.89. The molecule has 2 fully saturated rings. The second kappa shape index (κ2) is 23.0. The van der Waals surface area contributed by atoms with Gasteiger partial charge in [-0.2, -0.15) is 0 Å². The van der Waals surface area contributed by atoms with E-state index in [2.05, 4.69) is 31.9 Å². The van der Waals surface area contributed by atoms with Crippen LogP contribution < -0.4 is 41.4 Å². The molecule has 5 rings (SSSR count). The fourth-order valence-corrected chi connectivity index (χ4v) is 7.71. The zero-order chi connectivity index (χ0) is 51.7. The van der Waals surface area contributed by atoms with Gasteiger partial charge in [-0.1, -0.05) is 77.9 Å². The highest BCUT2D eigenvalue weighted by Gasteiger charge is 2.47. The molecule has 376 valence electrons. The Morgan fingerprint density at radius 1 is 0.580 bits per heavy atom. The summed E-state index contributed by atoms with van der Waals surface area (Å²) in [5.41, 5.74) is -0.197. The molecule has 0 bridgehead atoms. The summed E-state index contributed by atoms with van der Waals surface area (Å²) in [5, 5.41) is 15.1. The first kappa shape index (κ1) is 54.7. The number of carbonyl (C=O) groups is 10. The van der Waals surface area contributed by atoms with E-state index in [1.807, 2.05) is 6.07 Å². The molecule has 2 saturated heterocycles. The van der Waals surface area contributed by atoms with Gasteiger partial charge in [0.25, 0.3) is 0 Å². The van der Waals surface area contributed by atoms with Gasteiger partial charge in [0.2, 0.25) is 42.2 Å². The lowest BCUT2D eigenvalue weighted by atomic mass is 9.85. The molecule has 20 nitrogen and oxygen atoms in total. The van der Waals surface area contributed by atoms with Crippen LogP contribution in [-0.4, -0.2) is 89.3 Å². The van der Waals surface area contributed by atoms with Crippen LogP contribution in [0.2, 0.25) is 0 Å². The lowest BCUT2D eigenvalue weighted by Crippen LogP contribution is -2.49. The number of ether oxygens (including phenoxy) is 4. The van der Waals surface area contributed by atoms with Crippen LogP contribution in [-0.2, 0) is 47.8 Å². The lowest BCUT2D eigenvalue weighted by Gasteiger charge is -2.26. The monoisotopic (exact) mass is 962 g/mol. The van der Waals surface area contributed by atoms with Gasteiger partial charge in [-0.15, -0.1) is 0 Å². The van der Waals surface area contributed by atoms with Crippen molar-refractivity contribution < 1.29 is 66.9 Å². The Bertz CT molecular complexity index is 2280. The molecule has 0 saturated carbocycles. The molecular formula is C49H66N6O14. The third-order valence-electron chi connectivity index (χ3n) is 11.2. The van der Waals surface area contributed by atoms with Crippen LogP contribution in [0.1, 0.15) is 119 Å². The van der Waals surface area contributed by atoms with Crippen molar-refractivity contribution in [3.63, 3.8) is 0 Å². The second-order valence-electron chi connectivity index (χ2n) is 20.0. The normalized spacial score (nSPS) is 20.3. The summed E-state index contributed by atoms with van der Waals surface area (Å²) in [6.07, 6.45) is -1.76. The van der Waals surface area contributed by atoms with E-state index in [0.717, 1.165) is 0 Å². The average molecular weight is 963 g/mol. The fourth-order valence-electron chi connectivity index (χ4n) is 7.71. The van der Waals surface area contributed by atoms with Gasteiger partial charge in [0.05, 0.1) is 48.8 Å². The van der Waals surface area contributed by atoms with Crippen LogP contribution in [0.15, 0.2) is 48.5 Å². The molecule has 0 aromatic heterocycles. The number of benzene rings is 2. The number of Topliss-reactive ketones (excluding diaryl/α,β-unsaturated/α-hetero) is 2. The first-order chi connectivity index (χ1) is 32.1. The zero-order valence-corrected chi connectivity index (χ0v) is 41.2. The van der Waals surface area contributed by atoms with Crippen molar-refractivity contribution in [2.24, 2.45) is 35.5 Å². The molecule has 2 unspecified atom stereocenters. The molecule has 2 aromatic carbocycles. The Balaban J connectivity index is 0.000000302. The Hall–Kier alpha value is -6.86. The molecule has 20 heteroatoms. The lowest BCUT2D eigenvalue weighted by molar-refractivity contribution is -0.138. The van der Waals surface area contributed by atoms with Crippen molar-refractivity contribution in [2.75, 3.05) is 6.79 Å². The summed E-state index contributed by atoms with van der Waals surface area (Å²) in [6.45, 7) is 20.4. The molecule has 6 N–H and O–H groups in total. The molecule has 3 aliphatic heterocycles. The Labute approximate surface area is 401 Å². The number of hydrogen-bond donors (Lipinski definition) is 6. The summed E-state index contributed by atoms with van der Waals surface area (Å²) in [7, 11) is 0. The quantitative estimate of drug-likeness (QED) is 0.101. The third-order valence-corrected chi connectivity index (χ3v) is 11.2. The van der Waals surface area contributed by atoms with E-state index < -0.39 is 118 Å². The van der Waals surface area contributed by atoms with Gasteiger partial charge < -0.3 is 40.2 Å². The highest BCUT2D eigenvalue weighted by molar-refractivity contribution is 6.17. The molecule has 8 amide bonds. The van der Waals surface area contributed by atoms with Crippen molar-refractivity contribution in [3.05, 3.63) is 59.7 Å². The van der Waals surface area contributed by atoms with Crippen molar-refractivity contribution in [1.82, 2.24) is 31.9 Å². The summed E-state index contributed by atoms with van der Waals surface area (Å²) < 4.78 is 21.4. The van der Waals surface area contributed by atoms with Gasteiger partial charge in [0.15, 0.2) is 23.1 Å². The molecule has 0 radical (unpaired) electrons. The topological polar surface area (TPSA) is 280 Å². The second-order valence-corrected chi connectivity index (χ2v) is 20.0. The number of imide groups is 2. The maximum absolute atomic E-state index is 13.2. The molecule has 2 aromatic rings. The van der Waals surface area contributed by atoms with Gasteiger partial charge in [0, 0.05) is 0 Å². The van der Waals surface area contributed by atoms with Crippen molar-refractivity contribution in [3.8, 4) is 11.5 Å². The summed E-state index contributed by atoms with van der Waals surface area (Å²) >= 11 is 0. The molecule has 0 aliphatic carbocycles. The largest absolute Gasteiger partial charge is 0.454 e. The van der Waals surface area contributed by atoms with Crippen LogP contribution in [0, 0.1) is 35.5 Å². The van der Waals surface area contributed by atoms with Crippen LogP contribution in [0.5, 0.6) is 11.5 Å². The fraction of sp³-hybridized carbons (Fsp3) is 0.551. The predicted molar refractivity (Wildman–Crippen MR) is 248 cm³/mol. The van der Waals surface area contributed by atoms with Crippen molar-refractivity contribution in [1.29, 1.82) is 0 Å². The van der Waals surface area contributed by atoms with Crippen LogP contribution >= 0.6 is 0 Å². The van der Waals surface area contributed by atoms with E-state index in [1.54, 1.807) is 112 Å². The summed E-state index contributed by atoms with van der Waals surface area (Å²) in [5.74, 6) is -7.96. The van der Waals surface area contributed by atoms with Crippen molar-refractivity contribution in [2.45, 2.75) is 131 Å². The van der Waals surface area contributed by atoms with Gasteiger partial charge in [-0.05, 0) is 76.6 Å². The predicted octanol–water partition coefficient (Wildman–Crippen LogP) is 4.25. The minimum atomic E-state index is -1.17. The van der Waals surface area contributed by atoms with Gasteiger partial charge in [-0.25, -0.2) is 9.59 Å².